The van der Waals surface area contributed by atoms with Crippen LogP contribution in [0.3, 0.4) is 0 Å². The van der Waals surface area contributed by atoms with Crippen molar-refractivity contribution >= 4 is 22.4 Å². The summed E-state index contributed by atoms with van der Waals surface area (Å²) in [5, 5.41) is 5.63. The summed E-state index contributed by atoms with van der Waals surface area (Å²) in [6.45, 7) is 9.77. The van der Waals surface area contributed by atoms with E-state index in [9.17, 15) is 4.79 Å². The van der Waals surface area contributed by atoms with Crippen LogP contribution < -0.4 is 5.32 Å². The fraction of sp³-hybridized carbons (Fsp3) is 0.474. The Hall–Kier alpha value is -1.72. The number of rotatable bonds is 4. The molecule has 0 spiro atoms. The minimum atomic E-state index is -0.101. The van der Waals surface area contributed by atoms with E-state index >= 15 is 0 Å². The van der Waals surface area contributed by atoms with Crippen LogP contribution in [0.2, 0.25) is 0 Å². The number of carbonyl (C=O) groups excluding carboxylic acids is 1. The number of likely N-dealkylation sites (tertiary alicyclic amines) is 1. The van der Waals surface area contributed by atoms with Crippen molar-refractivity contribution in [1.29, 1.82) is 0 Å². The summed E-state index contributed by atoms with van der Waals surface area (Å²) in [6.07, 6.45) is 1.31. The lowest BCUT2D eigenvalue weighted by molar-refractivity contribution is 0.102. The van der Waals surface area contributed by atoms with E-state index in [-0.39, 0.29) is 5.91 Å². The van der Waals surface area contributed by atoms with E-state index in [0.717, 1.165) is 42.7 Å². The predicted octanol–water partition coefficient (Wildman–Crippen LogP) is 4.18. The van der Waals surface area contributed by atoms with Crippen LogP contribution in [0.25, 0.3) is 0 Å². The summed E-state index contributed by atoms with van der Waals surface area (Å²) in [4.78, 5) is 19.3. The van der Waals surface area contributed by atoms with Crippen molar-refractivity contribution in [3.8, 4) is 0 Å². The molecular formula is C19H25N3OS. The Labute approximate surface area is 147 Å². The number of nitrogens with zero attached hydrogens (tertiary/aromatic N) is 2. The third kappa shape index (κ3) is 4.42. The average molecular weight is 343 g/mol. The summed E-state index contributed by atoms with van der Waals surface area (Å²) in [5.41, 5.74) is 2.85. The van der Waals surface area contributed by atoms with Crippen molar-refractivity contribution in [2.45, 2.75) is 33.7 Å². The van der Waals surface area contributed by atoms with Crippen molar-refractivity contribution in [3.63, 3.8) is 0 Å². The maximum absolute atomic E-state index is 12.3. The zero-order valence-corrected chi connectivity index (χ0v) is 15.4. The molecular weight excluding hydrogens is 318 g/mol. The Morgan fingerprint density at radius 3 is 2.58 bits per heavy atom. The lowest BCUT2D eigenvalue weighted by atomic mass is 9.92. The molecule has 1 N–H and O–H groups in total. The summed E-state index contributed by atoms with van der Waals surface area (Å²) in [7, 11) is 0. The second kappa shape index (κ2) is 7.45. The van der Waals surface area contributed by atoms with Gasteiger partial charge in [-0.05, 0) is 37.3 Å². The number of anilines is 1. The second-order valence-electron chi connectivity index (χ2n) is 7.10. The zero-order chi connectivity index (χ0) is 17.1. The SMILES string of the molecule is Cc1ccc(C(=O)Nc2nc(CN3CC(C)CC(C)C3)cs2)cc1. The Kier molecular flexibility index (Phi) is 5.31. The van der Waals surface area contributed by atoms with E-state index in [2.05, 4.69) is 34.4 Å². The fourth-order valence-corrected chi connectivity index (χ4v) is 4.16. The van der Waals surface area contributed by atoms with E-state index in [1.54, 1.807) is 0 Å². The normalized spacial score (nSPS) is 21.6. The van der Waals surface area contributed by atoms with E-state index < -0.39 is 0 Å². The third-order valence-electron chi connectivity index (χ3n) is 4.42. The van der Waals surface area contributed by atoms with Crippen molar-refractivity contribution in [3.05, 3.63) is 46.5 Å². The molecule has 1 aromatic carbocycles. The van der Waals surface area contributed by atoms with E-state index in [4.69, 9.17) is 0 Å². The average Bonchev–Trinajstić information content (AvgIpc) is 2.93. The number of hydrogen-bond acceptors (Lipinski definition) is 4. The van der Waals surface area contributed by atoms with Crippen LogP contribution in [-0.2, 0) is 6.54 Å². The van der Waals surface area contributed by atoms with Crippen molar-refractivity contribution in [2.75, 3.05) is 18.4 Å². The third-order valence-corrected chi connectivity index (χ3v) is 5.22. The maximum Gasteiger partial charge on any atom is 0.257 e. The summed E-state index contributed by atoms with van der Waals surface area (Å²) in [6, 6.07) is 7.58. The van der Waals surface area contributed by atoms with Gasteiger partial charge in [0.1, 0.15) is 0 Å². The molecule has 1 fully saturated rings. The van der Waals surface area contributed by atoms with Gasteiger partial charge in [-0.1, -0.05) is 31.5 Å². The number of nitrogens with one attached hydrogen (secondary N) is 1. The molecule has 2 unspecified atom stereocenters. The first kappa shape index (κ1) is 17.1. The summed E-state index contributed by atoms with van der Waals surface area (Å²) in [5.74, 6) is 1.39. The van der Waals surface area contributed by atoms with Gasteiger partial charge in [-0.15, -0.1) is 11.3 Å². The topological polar surface area (TPSA) is 45.2 Å². The zero-order valence-electron chi connectivity index (χ0n) is 14.6. The molecule has 5 heteroatoms. The van der Waals surface area contributed by atoms with Gasteiger partial charge < -0.3 is 0 Å². The van der Waals surface area contributed by atoms with Gasteiger partial charge in [0.25, 0.3) is 5.91 Å². The largest absolute Gasteiger partial charge is 0.298 e. The number of benzene rings is 1. The minimum absolute atomic E-state index is 0.101. The molecule has 3 rings (SSSR count). The Balaban J connectivity index is 1.59. The molecule has 1 saturated heterocycles. The van der Waals surface area contributed by atoms with Gasteiger partial charge in [-0.2, -0.15) is 0 Å². The standard InChI is InChI=1S/C19H25N3OS/c1-13-4-6-16(7-5-13)18(23)21-19-20-17(12-24-19)11-22-9-14(2)8-15(3)10-22/h4-7,12,14-15H,8-11H2,1-3H3,(H,20,21,23). The number of hydrogen-bond donors (Lipinski definition) is 1. The van der Waals surface area contributed by atoms with Crippen LogP contribution in [0.4, 0.5) is 5.13 Å². The monoisotopic (exact) mass is 343 g/mol. The Morgan fingerprint density at radius 1 is 1.25 bits per heavy atom. The first-order valence-electron chi connectivity index (χ1n) is 8.54. The van der Waals surface area contributed by atoms with Crippen molar-refractivity contribution < 1.29 is 4.79 Å². The van der Waals surface area contributed by atoms with Gasteiger partial charge in [0.2, 0.25) is 0 Å². The highest BCUT2D eigenvalue weighted by Gasteiger charge is 2.22. The fourth-order valence-electron chi connectivity index (χ4n) is 3.46. The number of piperidine rings is 1. The molecule has 2 atom stereocenters. The van der Waals surface area contributed by atoms with Crippen LogP contribution in [0.15, 0.2) is 29.6 Å². The lowest BCUT2D eigenvalue weighted by Gasteiger charge is -2.34. The molecule has 2 heterocycles. The molecule has 24 heavy (non-hydrogen) atoms. The van der Waals surface area contributed by atoms with Crippen LogP contribution in [0.1, 0.15) is 41.9 Å². The number of amides is 1. The molecule has 128 valence electrons. The van der Waals surface area contributed by atoms with Crippen LogP contribution in [0.5, 0.6) is 0 Å². The van der Waals surface area contributed by atoms with E-state index in [1.807, 2.05) is 31.2 Å². The van der Waals surface area contributed by atoms with Gasteiger partial charge in [0.05, 0.1) is 5.69 Å². The molecule has 1 aromatic heterocycles. The molecule has 0 bridgehead atoms. The maximum atomic E-state index is 12.3. The lowest BCUT2D eigenvalue weighted by Crippen LogP contribution is -2.38. The molecule has 1 amide bonds. The predicted molar refractivity (Wildman–Crippen MR) is 99.5 cm³/mol. The molecule has 4 nitrogen and oxygen atoms in total. The first-order valence-corrected chi connectivity index (χ1v) is 9.42. The molecule has 1 aliphatic heterocycles. The van der Waals surface area contributed by atoms with E-state index in [1.165, 1.54) is 17.8 Å². The minimum Gasteiger partial charge on any atom is -0.298 e. The second-order valence-corrected chi connectivity index (χ2v) is 7.96. The van der Waals surface area contributed by atoms with Gasteiger partial charge in [0.15, 0.2) is 5.13 Å². The molecule has 2 aromatic rings. The number of thiazole rings is 1. The smallest absolute Gasteiger partial charge is 0.257 e. The summed E-state index contributed by atoms with van der Waals surface area (Å²) >= 11 is 1.50. The van der Waals surface area contributed by atoms with Gasteiger partial charge >= 0.3 is 0 Å². The molecule has 0 saturated carbocycles. The highest BCUT2D eigenvalue weighted by atomic mass is 32.1. The first-order chi connectivity index (χ1) is 11.5. The quantitative estimate of drug-likeness (QED) is 0.906. The van der Waals surface area contributed by atoms with Crippen LogP contribution in [0, 0.1) is 18.8 Å². The number of aromatic nitrogens is 1. The van der Waals surface area contributed by atoms with Crippen molar-refractivity contribution in [2.24, 2.45) is 11.8 Å². The highest BCUT2D eigenvalue weighted by Crippen LogP contribution is 2.24. The van der Waals surface area contributed by atoms with E-state index in [0.29, 0.717) is 10.7 Å². The number of carbonyl (C=O) groups is 1. The van der Waals surface area contributed by atoms with Crippen LogP contribution in [-0.4, -0.2) is 28.9 Å². The molecule has 0 radical (unpaired) electrons. The van der Waals surface area contributed by atoms with Crippen LogP contribution >= 0.6 is 11.3 Å². The van der Waals surface area contributed by atoms with Crippen molar-refractivity contribution in [1.82, 2.24) is 9.88 Å². The Bertz CT molecular complexity index is 685. The Morgan fingerprint density at radius 2 is 1.92 bits per heavy atom. The van der Waals surface area contributed by atoms with Gasteiger partial charge in [0, 0.05) is 30.6 Å². The molecule has 1 aliphatic rings. The number of aryl methyl sites for hydroxylation is 1. The highest BCUT2D eigenvalue weighted by molar-refractivity contribution is 7.13. The van der Waals surface area contributed by atoms with Gasteiger partial charge in [-0.25, -0.2) is 4.98 Å². The summed E-state index contributed by atoms with van der Waals surface area (Å²) < 4.78 is 0. The molecule has 0 aliphatic carbocycles. The van der Waals surface area contributed by atoms with Gasteiger partial charge in [-0.3, -0.25) is 15.0 Å².